The van der Waals surface area contributed by atoms with E-state index in [2.05, 4.69) is 11.3 Å². The van der Waals surface area contributed by atoms with Crippen LogP contribution in [0.4, 0.5) is 4.79 Å². The minimum atomic E-state index is -0.599. The van der Waals surface area contributed by atoms with Gasteiger partial charge >= 0.3 is 12.1 Å². The predicted octanol–water partition coefficient (Wildman–Crippen LogP) is 3.36. The number of carbonyl (C=O) groups excluding carboxylic acids is 2. The van der Waals surface area contributed by atoms with E-state index in [1.807, 2.05) is 13.8 Å². The molecule has 0 fully saturated rings. The maximum Gasteiger partial charge on any atom is 0.410 e. The highest BCUT2D eigenvalue weighted by Crippen LogP contribution is 2.19. The summed E-state index contributed by atoms with van der Waals surface area (Å²) in [5.41, 5.74) is -0.599. The first-order valence-corrected chi connectivity index (χ1v) is 7.82. The van der Waals surface area contributed by atoms with Gasteiger partial charge in [0, 0.05) is 13.5 Å². The number of ether oxygens (including phenoxy) is 3. The number of hydrogen-bond acceptors (Lipinski definition) is 5. The molecule has 0 aliphatic heterocycles. The molecule has 0 aliphatic carbocycles. The zero-order valence-corrected chi connectivity index (χ0v) is 15.5. The monoisotopic (exact) mass is 329 g/mol. The van der Waals surface area contributed by atoms with Crippen LogP contribution in [-0.4, -0.2) is 49.4 Å². The average Bonchev–Trinajstić information content (AvgIpc) is 2.42. The summed E-state index contributed by atoms with van der Waals surface area (Å²) < 4.78 is 15.7. The van der Waals surface area contributed by atoms with Crippen molar-refractivity contribution in [3.05, 3.63) is 12.3 Å². The van der Waals surface area contributed by atoms with Gasteiger partial charge in [0.15, 0.2) is 0 Å². The molecule has 0 heterocycles. The van der Waals surface area contributed by atoms with Crippen molar-refractivity contribution >= 4 is 12.1 Å². The van der Waals surface area contributed by atoms with Crippen LogP contribution in [0.5, 0.6) is 0 Å². The molecule has 23 heavy (non-hydrogen) atoms. The Bertz CT molecular complexity index is 412. The molecule has 0 saturated heterocycles. The average molecular weight is 329 g/mol. The van der Waals surface area contributed by atoms with Gasteiger partial charge in [-0.25, -0.2) is 4.79 Å². The predicted molar refractivity (Wildman–Crippen MR) is 89.0 cm³/mol. The van der Waals surface area contributed by atoms with E-state index in [0.29, 0.717) is 24.7 Å². The Balaban J connectivity index is 4.97. The molecule has 0 unspecified atom stereocenters. The van der Waals surface area contributed by atoms with Gasteiger partial charge in [0.2, 0.25) is 0 Å². The standard InChI is InChI=1S/C17H31NO5/c1-12(2)11-22-13(3)14(9-10-15(19)21-8)18(7)16(20)23-17(4,5)6/h12,14H,3,9-11H2,1-2,4-8H3/t14-/m0/s1. The molecule has 0 radical (unpaired) electrons. The molecule has 0 aromatic carbocycles. The Hall–Kier alpha value is -1.72. The molecule has 1 atom stereocenters. The zero-order valence-electron chi connectivity index (χ0n) is 15.5. The van der Waals surface area contributed by atoms with E-state index in [9.17, 15) is 9.59 Å². The van der Waals surface area contributed by atoms with Gasteiger partial charge in [-0.05, 0) is 33.1 Å². The topological polar surface area (TPSA) is 65.1 Å². The van der Waals surface area contributed by atoms with E-state index in [0.717, 1.165) is 0 Å². The molecule has 0 bridgehead atoms. The van der Waals surface area contributed by atoms with Gasteiger partial charge < -0.3 is 19.1 Å². The normalized spacial score (nSPS) is 12.5. The van der Waals surface area contributed by atoms with Crippen molar-refractivity contribution in [2.24, 2.45) is 5.92 Å². The third kappa shape index (κ3) is 9.11. The fourth-order valence-electron chi connectivity index (χ4n) is 1.76. The van der Waals surface area contributed by atoms with Gasteiger partial charge in [-0.1, -0.05) is 20.4 Å². The van der Waals surface area contributed by atoms with Crippen molar-refractivity contribution < 1.29 is 23.8 Å². The van der Waals surface area contributed by atoms with Crippen LogP contribution in [0.1, 0.15) is 47.5 Å². The number of carbonyl (C=O) groups is 2. The second-order valence-corrected chi connectivity index (χ2v) is 6.89. The molecule has 0 aromatic heterocycles. The SMILES string of the molecule is C=C(OCC(C)C)[C@H](CCC(=O)OC)N(C)C(=O)OC(C)(C)C. The number of esters is 1. The van der Waals surface area contributed by atoms with Gasteiger partial charge in [-0.3, -0.25) is 4.79 Å². The molecular formula is C17H31NO5. The Kier molecular flexibility index (Phi) is 8.72. The molecular weight excluding hydrogens is 298 g/mol. The fourth-order valence-corrected chi connectivity index (χ4v) is 1.76. The largest absolute Gasteiger partial charge is 0.496 e. The molecule has 0 saturated carbocycles. The summed E-state index contributed by atoms with van der Waals surface area (Å²) in [5.74, 6) is 0.431. The Morgan fingerprint density at radius 1 is 1.22 bits per heavy atom. The Labute approximate surface area is 139 Å². The first-order valence-electron chi connectivity index (χ1n) is 7.82. The van der Waals surface area contributed by atoms with Gasteiger partial charge in [-0.15, -0.1) is 0 Å². The smallest absolute Gasteiger partial charge is 0.410 e. The molecule has 1 amide bonds. The van der Waals surface area contributed by atoms with E-state index in [4.69, 9.17) is 9.47 Å². The highest BCUT2D eigenvalue weighted by Gasteiger charge is 2.28. The van der Waals surface area contributed by atoms with Crippen LogP contribution in [0.3, 0.4) is 0 Å². The lowest BCUT2D eigenvalue weighted by atomic mass is 10.1. The van der Waals surface area contributed by atoms with Gasteiger partial charge in [-0.2, -0.15) is 0 Å². The van der Waals surface area contributed by atoms with Gasteiger partial charge in [0.05, 0.1) is 19.8 Å². The molecule has 0 aliphatic rings. The number of likely N-dealkylation sites (N-methyl/N-ethyl adjacent to an activating group) is 1. The molecule has 0 N–H and O–H groups in total. The van der Waals surface area contributed by atoms with Crippen molar-refractivity contribution in [1.29, 1.82) is 0 Å². The Morgan fingerprint density at radius 2 is 1.78 bits per heavy atom. The third-order valence-corrected chi connectivity index (χ3v) is 2.97. The lowest BCUT2D eigenvalue weighted by Crippen LogP contribution is -2.42. The maximum absolute atomic E-state index is 12.2. The van der Waals surface area contributed by atoms with Crippen LogP contribution in [0.2, 0.25) is 0 Å². The van der Waals surface area contributed by atoms with E-state index in [1.54, 1.807) is 27.8 Å². The summed E-state index contributed by atoms with van der Waals surface area (Å²) >= 11 is 0. The minimum absolute atomic E-state index is 0.165. The van der Waals surface area contributed by atoms with E-state index >= 15 is 0 Å². The summed E-state index contributed by atoms with van der Waals surface area (Å²) in [6.07, 6.45) is 0.0409. The Morgan fingerprint density at radius 3 is 2.22 bits per heavy atom. The molecule has 134 valence electrons. The summed E-state index contributed by atoms with van der Waals surface area (Å²) in [5, 5.41) is 0. The van der Waals surface area contributed by atoms with Crippen molar-refractivity contribution in [2.45, 2.75) is 59.1 Å². The molecule has 0 aromatic rings. The highest BCUT2D eigenvalue weighted by atomic mass is 16.6. The summed E-state index contributed by atoms with van der Waals surface area (Å²) in [6, 6.07) is -0.456. The summed E-state index contributed by atoms with van der Waals surface area (Å²) in [4.78, 5) is 25.1. The van der Waals surface area contributed by atoms with E-state index in [1.165, 1.54) is 12.0 Å². The molecule has 6 heteroatoms. The van der Waals surface area contributed by atoms with Gasteiger partial charge in [0.1, 0.15) is 11.4 Å². The first-order chi connectivity index (χ1) is 10.5. The van der Waals surface area contributed by atoms with E-state index < -0.39 is 17.7 Å². The molecule has 0 rings (SSSR count). The van der Waals surface area contributed by atoms with Gasteiger partial charge in [0.25, 0.3) is 0 Å². The van der Waals surface area contributed by atoms with Crippen LogP contribution < -0.4 is 0 Å². The number of hydrogen-bond donors (Lipinski definition) is 0. The highest BCUT2D eigenvalue weighted by molar-refractivity contribution is 5.70. The fraction of sp³-hybridized carbons (Fsp3) is 0.765. The lowest BCUT2D eigenvalue weighted by molar-refractivity contribution is -0.141. The number of methoxy groups -OCH3 is 1. The molecule has 0 spiro atoms. The number of nitrogens with zero attached hydrogens (tertiary/aromatic N) is 1. The van der Waals surface area contributed by atoms with Crippen molar-refractivity contribution in [2.75, 3.05) is 20.8 Å². The lowest BCUT2D eigenvalue weighted by Gasteiger charge is -2.31. The maximum atomic E-state index is 12.2. The van der Waals surface area contributed by atoms with Crippen LogP contribution in [0.25, 0.3) is 0 Å². The van der Waals surface area contributed by atoms with Crippen molar-refractivity contribution in [3.63, 3.8) is 0 Å². The molecule has 6 nitrogen and oxygen atoms in total. The number of amides is 1. The van der Waals surface area contributed by atoms with E-state index in [-0.39, 0.29) is 12.4 Å². The first kappa shape index (κ1) is 21.3. The quantitative estimate of drug-likeness (QED) is 0.504. The zero-order chi connectivity index (χ0) is 18.2. The van der Waals surface area contributed by atoms with Crippen LogP contribution in [0.15, 0.2) is 12.3 Å². The summed E-state index contributed by atoms with van der Waals surface area (Å²) in [7, 11) is 2.94. The third-order valence-electron chi connectivity index (χ3n) is 2.97. The van der Waals surface area contributed by atoms with Crippen molar-refractivity contribution in [3.8, 4) is 0 Å². The van der Waals surface area contributed by atoms with Crippen LogP contribution >= 0.6 is 0 Å². The van der Waals surface area contributed by atoms with Crippen LogP contribution in [-0.2, 0) is 19.0 Å². The number of rotatable bonds is 8. The second kappa shape index (κ2) is 9.43. The van der Waals surface area contributed by atoms with Crippen molar-refractivity contribution in [1.82, 2.24) is 4.90 Å². The summed E-state index contributed by atoms with van der Waals surface area (Å²) in [6.45, 7) is 13.8. The van der Waals surface area contributed by atoms with Crippen LogP contribution in [0, 0.1) is 5.92 Å². The second-order valence-electron chi connectivity index (χ2n) is 6.89. The minimum Gasteiger partial charge on any atom is -0.496 e.